The summed E-state index contributed by atoms with van der Waals surface area (Å²) in [5.74, 6) is -0.764. The molecule has 2 fully saturated rings. The van der Waals surface area contributed by atoms with Gasteiger partial charge in [-0.25, -0.2) is 18.1 Å². The third kappa shape index (κ3) is 2.78. The van der Waals surface area contributed by atoms with Crippen LogP contribution in [0, 0.1) is 5.92 Å². The Hall–Kier alpha value is -1.15. The highest BCUT2D eigenvalue weighted by atomic mass is 35.5. The summed E-state index contributed by atoms with van der Waals surface area (Å²) in [6.45, 7) is 0.669. The Morgan fingerprint density at radius 2 is 2.19 bits per heavy atom. The van der Waals surface area contributed by atoms with E-state index in [-0.39, 0.29) is 24.2 Å². The summed E-state index contributed by atoms with van der Waals surface area (Å²) in [6.07, 6.45) is 0.503. The monoisotopic (exact) mass is 329 g/mol. The van der Waals surface area contributed by atoms with Gasteiger partial charge in [-0.1, -0.05) is 23.7 Å². The van der Waals surface area contributed by atoms with Gasteiger partial charge < -0.3 is 0 Å². The van der Waals surface area contributed by atoms with Crippen molar-refractivity contribution in [3.05, 3.63) is 34.9 Å². The lowest BCUT2D eigenvalue weighted by Gasteiger charge is -2.23. The normalized spacial score (nSPS) is 28.0. The van der Waals surface area contributed by atoms with Crippen molar-refractivity contribution in [2.75, 3.05) is 18.8 Å². The van der Waals surface area contributed by atoms with Gasteiger partial charge in [-0.05, 0) is 24.1 Å². The van der Waals surface area contributed by atoms with E-state index in [0.717, 1.165) is 9.87 Å². The topological polar surface area (TPSA) is 78.5 Å². The molecule has 1 aromatic rings. The van der Waals surface area contributed by atoms with E-state index in [0.29, 0.717) is 18.0 Å². The van der Waals surface area contributed by atoms with Crippen LogP contribution < -0.4 is 10.9 Å². The number of hydrogen-bond acceptors (Lipinski definition) is 5. The van der Waals surface area contributed by atoms with Gasteiger partial charge in [0.1, 0.15) is 0 Å². The van der Waals surface area contributed by atoms with Gasteiger partial charge in [0.2, 0.25) is 15.9 Å². The van der Waals surface area contributed by atoms with Crippen molar-refractivity contribution >= 4 is 27.5 Å². The number of nitrogens with one attached hydrogen (secondary N) is 2. The number of amides is 1. The van der Waals surface area contributed by atoms with Crippen LogP contribution in [0.15, 0.2) is 24.3 Å². The number of carbonyl (C=O) groups excluding carboxylic acids is 1. The van der Waals surface area contributed by atoms with E-state index in [1.807, 2.05) is 12.1 Å². The average Bonchev–Trinajstić information content (AvgIpc) is 3.04. The highest BCUT2D eigenvalue weighted by molar-refractivity contribution is 7.89. The van der Waals surface area contributed by atoms with Crippen LogP contribution in [0.3, 0.4) is 0 Å². The largest absolute Gasteiger partial charge is 0.273 e. The SMILES string of the molecule is O=C(C1CNNC1c1cccc(Cl)c1)N1CCCS1(=O)=O. The quantitative estimate of drug-likeness (QED) is 0.833. The van der Waals surface area contributed by atoms with Gasteiger partial charge in [0.25, 0.3) is 0 Å². The van der Waals surface area contributed by atoms with Crippen molar-refractivity contribution < 1.29 is 13.2 Å². The van der Waals surface area contributed by atoms with E-state index in [4.69, 9.17) is 11.6 Å². The van der Waals surface area contributed by atoms with Crippen molar-refractivity contribution in [3.63, 3.8) is 0 Å². The summed E-state index contributed by atoms with van der Waals surface area (Å²) < 4.78 is 24.8. The molecule has 2 unspecified atom stereocenters. The van der Waals surface area contributed by atoms with Gasteiger partial charge in [0, 0.05) is 18.1 Å². The predicted octanol–water partition coefficient (Wildman–Crippen LogP) is 0.667. The molecule has 0 saturated carbocycles. The Morgan fingerprint density at radius 3 is 2.86 bits per heavy atom. The lowest BCUT2D eigenvalue weighted by molar-refractivity contribution is -0.130. The van der Waals surface area contributed by atoms with Crippen molar-refractivity contribution in [1.82, 2.24) is 15.2 Å². The third-order valence-corrected chi connectivity index (χ3v) is 5.93. The zero-order valence-corrected chi connectivity index (χ0v) is 12.8. The van der Waals surface area contributed by atoms with E-state index >= 15 is 0 Å². The second-order valence-electron chi connectivity index (χ2n) is 5.24. The minimum Gasteiger partial charge on any atom is -0.273 e. The van der Waals surface area contributed by atoms with Crippen LogP contribution in [0.5, 0.6) is 0 Å². The van der Waals surface area contributed by atoms with Crippen molar-refractivity contribution in [3.8, 4) is 0 Å². The van der Waals surface area contributed by atoms with Gasteiger partial charge in [-0.15, -0.1) is 0 Å². The molecule has 0 aromatic heterocycles. The summed E-state index contributed by atoms with van der Waals surface area (Å²) in [5.41, 5.74) is 6.83. The van der Waals surface area contributed by atoms with Gasteiger partial charge in [0.15, 0.2) is 0 Å². The Bertz CT molecular complexity index is 664. The first-order chi connectivity index (χ1) is 9.99. The maximum atomic E-state index is 12.6. The summed E-state index contributed by atoms with van der Waals surface area (Å²) in [6, 6.07) is 6.94. The summed E-state index contributed by atoms with van der Waals surface area (Å²) in [4.78, 5) is 12.6. The molecular weight excluding hydrogens is 314 g/mol. The molecule has 1 aromatic carbocycles. The van der Waals surface area contributed by atoms with Crippen LogP contribution in [0.25, 0.3) is 0 Å². The number of hydrogen-bond donors (Lipinski definition) is 2. The molecule has 2 N–H and O–H groups in total. The zero-order chi connectivity index (χ0) is 15.0. The number of rotatable bonds is 2. The molecule has 0 aliphatic carbocycles. The molecule has 0 radical (unpaired) electrons. The Morgan fingerprint density at radius 1 is 1.38 bits per heavy atom. The number of halogens is 1. The molecule has 114 valence electrons. The maximum absolute atomic E-state index is 12.6. The van der Waals surface area contributed by atoms with Crippen LogP contribution in [0.2, 0.25) is 5.02 Å². The predicted molar refractivity (Wildman–Crippen MR) is 78.9 cm³/mol. The number of sulfonamides is 1. The molecule has 2 saturated heterocycles. The first kappa shape index (κ1) is 14.8. The van der Waals surface area contributed by atoms with Crippen LogP contribution >= 0.6 is 11.6 Å². The van der Waals surface area contributed by atoms with Gasteiger partial charge >= 0.3 is 0 Å². The maximum Gasteiger partial charge on any atom is 0.242 e. The highest BCUT2D eigenvalue weighted by Gasteiger charge is 2.42. The molecule has 0 bridgehead atoms. The molecule has 2 heterocycles. The second-order valence-corrected chi connectivity index (χ2v) is 7.69. The second kappa shape index (κ2) is 5.57. The first-order valence-electron chi connectivity index (χ1n) is 6.77. The Balaban J connectivity index is 1.86. The van der Waals surface area contributed by atoms with Gasteiger partial charge in [0.05, 0.1) is 17.7 Å². The molecule has 2 aliphatic heterocycles. The molecule has 8 heteroatoms. The number of hydrazine groups is 1. The molecule has 21 heavy (non-hydrogen) atoms. The Labute approximate surface area is 128 Å². The fourth-order valence-electron chi connectivity index (χ4n) is 2.81. The Kier molecular flexibility index (Phi) is 3.92. The lowest BCUT2D eigenvalue weighted by atomic mass is 9.94. The van der Waals surface area contributed by atoms with E-state index < -0.39 is 15.9 Å². The fraction of sp³-hybridized carbons (Fsp3) is 0.462. The summed E-state index contributed by atoms with van der Waals surface area (Å²) in [5, 5.41) is 0.584. The molecule has 6 nitrogen and oxygen atoms in total. The van der Waals surface area contributed by atoms with Crippen molar-refractivity contribution in [2.24, 2.45) is 5.92 Å². The lowest BCUT2D eigenvalue weighted by Crippen LogP contribution is -2.40. The standard InChI is InChI=1S/C13H16ClN3O3S/c14-10-4-1-3-9(7-10)12-11(8-15-16-12)13(18)17-5-2-6-21(17,19)20/h1,3-4,7,11-12,15-16H,2,5-6,8H2. The first-order valence-corrected chi connectivity index (χ1v) is 8.76. The zero-order valence-electron chi connectivity index (χ0n) is 11.3. The number of benzene rings is 1. The van der Waals surface area contributed by atoms with Crippen molar-refractivity contribution in [1.29, 1.82) is 0 Å². The highest BCUT2D eigenvalue weighted by Crippen LogP contribution is 2.30. The van der Waals surface area contributed by atoms with E-state index in [1.165, 1.54) is 0 Å². The summed E-state index contributed by atoms with van der Waals surface area (Å²) in [7, 11) is -3.44. The molecule has 1 amide bonds. The fourth-order valence-corrected chi connectivity index (χ4v) is 4.54. The minimum absolute atomic E-state index is 0.0498. The molecule has 0 spiro atoms. The average molecular weight is 330 g/mol. The van der Waals surface area contributed by atoms with Gasteiger partial charge in [-0.2, -0.15) is 0 Å². The van der Waals surface area contributed by atoms with Crippen LogP contribution in [-0.4, -0.2) is 37.5 Å². The van der Waals surface area contributed by atoms with Gasteiger partial charge in [-0.3, -0.25) is 10.2 Å². The van der Waals surface area contributed by atoms with Crippen LogP contribution in [0.1, 0.15) is 18.0 Å². The third-order valence-electron chi connectivity index (χ3n) is 3.85. The van der Waals surface area contributed by atoms with E-state index in [9.17, 15) is 13.2 Å². The smallest absolute Gasteiger partial charge is 0.242 e. The summed E-state index contributed by atoms with van der Waals surface area (Å²) >= 11 is 5.98. The molecular formula is C13H16ClN3O3S. The minimum atomic E-state index is -3.44. The van der Waals surface area contributed by atoms with Crippen LogP contribution in [0.4, 0.5) is 0 Å². The number of carbonyl (C=O) groups is 1. The van der Waals surface area contributed by atoms with Crippen LogP contribution in [-0.2, 0) is 14.8 Å². The molecule has 2 aliphatic rings. The van der Waals surface area contributed by atoms with Crippen molar-refractivity contribution in [2.45, 2.75) is 12.5 Å². The number of nitrogens with zero attached hydrogens (tertiary/aromatic N) is 1. The van der Waals surface area contributed by atoms with E-state index in [1.54, 1.807) is 12.1 Å². The molecule has 3 rings (SSSR count). The van der Waals surface area contributed by atoms with E-state index in [2.05, 4.69) is 10.9 Å². The molecule has 2 atom stereocenters.